The van der Waals surface area contributed by atoms with E-state index in [9.17, 15) is 4.79 Å². The number of rotatable bonds is 5. The highest BCUT2D eigenvalue weighted by Crippen LogP contribution is 2.31. The number of halogens is 1. The highest BCUT2D eigenvalue weighted by Gasteiger charge is 2.40. The number of benzene rings is 1. The van der Waals surface area contributed by atoms with Crippen molar-refractivity contribution in [2.24, 2.45) is 0 Å². The zero-order valence-corrected chi connectivity index (χ0v) is 16.0. The summed E-state index contributed by atoms with van der Waals surface area (Å²) >= 11 is 0. The average Bonchev–Trinajstić information content (AvgIpc) is 3.14. The minimum Gasteiger partial charge on any atom is -0.445 e. The van der Waals surface area contributed by atoms with Crippen molar-refractivity contribution in [2.75, 3.05) is 25.0 Å². The lowest BCUT2D eigenvalue weighted by Crippen LogP contribution is -2.34. The van der Waals surface area contributed by atoms with Gasteiger partial charge < -0.3 is 15.0 Å². The van der Waals surface area contributed by atoms with Gasteiger partial charge in [-0.3, -0.25) is 0 Å². The fraction of sp³-hybridized carbons (Fsp3) is 0.455. The van der Waals surface area contributed by atoms with E-state index >= 15 is 4.39 Å². The Morgan fingerprint density at radius 3 is 2.96 bits per heavy atom. The maximum atomic E-state index is 15.2. The van der Waals surface area contributed by atoms with Crippen LogP contribution in [0.1, 0.15) is 36.1 Å². The first kappa shape index (κ1) is 18.7. The van der Waals surface area contributed by atoms with Gasteiger partial charge in [0.2, 0.25) is 0 Å². The molecule has 1 atom stereocenters. The number of amides is 1. The number of aryl methyl sites for hydroxylation is 2. The van der Waals surface area contributed by atoms with Crippen LogP contribution in [0.3, 0.4) is 0 Å². The number of aromatic nitrogens is 1. The molecule has 1 fully saturated rings. The molecule has 2 aromatic rings. The van der Waals surface area contributed by atoms with Crippen LogP contribution >= 0.6 is 0 Å². The Morgan fingerprint density at radius 2 is 2.11 bits per heavy atom. The van der Waals surface area contributed by atoms with Gasteiger partial charge in [0, 0.05) is 25.2 Å². The molecule has 1 N–H and O–H groups in total. The number of carbonyl (C=O) groups is 1. The SMILES string of the molecule is O=C(OCc1ccccc1)N1CC[C@](F)(CCc2ccc3c(n2)NCCC3)C1. The fourth-order valence-electron chi connectivity index (χ4n) is 3.87. The Labute approximate surface area is 164 Å². The number of fused-ring (bicyclic) bond motifs is 1. The zero-order valence-electron chi connectivity index (χ0n) is 16.0. The molecule has 6 heteroatoms. The van der Waals surface area contributed by atoms with Gasteiger partial charge in [-0.1, -0.05) is 36.4 Å². The summed E-state index contributed by atoms with van der Waals surface area (Å²) in [5, 5.41) is 3.32. The fourth-order valence-corrected chi connectivity index (χ4v) is 3.87. The summed E-state index contributed by atoms with van der Waals surface area (Å²) in [6, 6.07) is 13.6. The molecule has 1 aromatic carbocycles. The van der Waals surface area contributed by atoms with E-state index in [0.29, 0.717) is 25.8 Å². The molecule has 4 rings (SSSR count). The molecule has 5 nitrogen and oxygen atoms in total. The van der Waals surface area contributed by atoms with Gasteiger partial charge in [-0.05, 0) is 42.9 Å². The Hall–Kier alpha value is -2.63. The second kappa shape index (κ2) is 8.17. The Kier molecular flexibility index (Phi) is 5.46. The summed E-state index contributed by atoms with van der Waals surface area (Å²) in [7, 11) is 0. The average molecular weight is 383 g/mol. The molecule has 3 heterocycles. The lowest BCUT2D eigenvalue weighted by atomic mass is 9.97. The Balaban J connectivity index is 1.28. The van der Waals surface area contributed by atoms with Gasteiger partial charge in [-0.25, -0.2) is 14.2 Å². The van der Waals surface area contributed by atoms with Gasteiger partial charge in [-0.2, -0.15) is 0 Å². The summed E-state index contributed by atoms with van der Waals surface area (Å²) in [5.74, 6) is 0.939. The van der Waals surface area contributed by atoms with Crippen molar-refractivity contribution in [2.45, 2.75) is 44.4 Å². The topological polar surface area (TPSA) is 54.5 Å². The van der Waals surface area contributed by atoms with Crippen molar-refractivity contribution in [3.05, 3.63) is 59.3 Å². The second-order valence-electron chi connectivity index (χ2n) is 7.70. The summed E-state index contributed by atoms with van der Waals surface area (Å²) in [4.78, 5) is 18.4. The summed E-state index contributed by atoms with van der Waals surface area (Å²) in [6.07, 6.45) is 3.00. The number of nitrogens with one attached hydrogen (secondary N) is 1. The number of hydrogen-bond acceptors (Lipinski definition) is 4. The van der Waals surface area contributed by atoms with Gasteiger partial charge in [0.15, 0.2) is 0 Å². The molecule has 0 unspecified atom stereocenters. The molecule has 2 aliphatic rings. The highest BCUT2D eigenvalue weighted by molar-refractivity contribution is 5.68. The number of likely N-dealkylation sites (tertiary alicyclic amines) is 1. The maximum absolute atomic E-state index is 15.2. The zero-order chi connectivity index (χ0) is 19.4. The summed E-state index contributed by atoms with van der Waals surface area (Å²) < 4.78 is 20.5. The van der Waals surface area contributed by atoms with Crippen molar-refractivity contribution in [1.29, 1.82) is 0 Å². The number of anilines is 1. The van der Waals surface area contributed by atoms with Crippen molar-refractivity contribution >= 4 is 11.9 Å². The van der Waals surface area contributed by atoms with Gasteiger partial charge in [0.1, 0.15) is 18.1 Å². The predicted molar refractivity (Wildman–Crippen MR) is 106 cm³/mol. The monoisotopic (exact) mass is 383 g/mol. The largest absolute Gasteiger partial charge is 0.445 e. The van der Waals surface area contributed by atoms with E-state index in [4.69, 9.17) is 4.74 Å². The molecule has 0 radical (unpaired) electrons. The predicted octanol–water partition coefficient (Wildman–Crippen LogP) is 4.12. The van der Waals surface area contributed by atoms with Crippen LogP contribution in [-0.4, -0.2) is 41.3 Å². The smallest absolute Gasteiger partial charge is 0.410 e. The molecule has 148 valence electrons. The second-order valence-corrected chi connectivity index (χ2v) is 7.70. The number of ether oxygens (including phenoxy) is 1. The molecule has 1 aromatic heterocycles. The minimum atomic E-state index is -1.38. The van der Waals surface area contributed by atoms with Crippen molar-refractivity contribution in [3.8, 4) is 0 Å². The van der Waals surface area contributed by atoms with Crippen LogP contribution in [0.25, 0.3) is 0 Å². The first-order chi connectivity index (χ1) is 13.6. The molecule has 28 heavy (non-hydrogen) atoms. The van der Waals surface area contributed by atoms with Crippen molar-refractivity contribution in [1.82, 2.24) is 9.88 Å². The molecule has 0 spiro atoms. The van der Waals surface area contributed by atoms with Crippen LogP contribution in [0, 0.1) is 0 Å². The van der Waals surface area contributed by atoms with Gasteiger partial charge in [-0.15, -0.1) is 0 Å². The van der Waals surface area contributed by atoms with E-state index in [1.165, 1.54) is 10.5 Å². The molecule has 1 amide bonds. The molecular weight excluding hydrogens is 357 g/mol. The standard InChI is InChI=1S/C22H26FN3O2/c23-22(11-10-19-9-8-18-7-4-13-24-20(18)25-19)12-14-26(16-22)21(27)28-15-17-5-2-1-3-6-17/h1-3,5-6,8-9H,4,7,10-16H2,(H,24,25)/t22-/m1/s1. The van der Waals surface area contributed by atoms with Crippen LogP contribution < -0.4 is 5.32 Å². The van der Waals surface area contributed by atoms with E-state index in [-0.39, 0.29) is 13.2 Å². The number of nitrogens with zero attached hydrogens (tertiary/aromatic N) is 2. The summed E-state index contributed by atoms with van der Waals surface area (Å²) in [6.45, 7) is 1.63. The van der Waals surface area contributed by atoms with E-state index in [0.717, 1.165) is 36.5 Å². The first-order valence-electron chi connectivity index (χ1n) is 9.99. The van der Waals surface area contributed by atoms with Crippen molar-refractivity contribution in [3.63, 3.8) is 0 Å². The molecule has 2 aliphatic heterocycles. The van der Waals surface area contributed by atoms with Crippen LogP contribution in [0.15, 0.2) is 42.5 Å². The maximum Gasteiger partial charge on any atom is 0.410 e. The lowest BCUT2D eigenvalue weighted by molar-refractivity contribution is 0.0924. The van der Waals surface area contributed by atoms with E-state index in [1.807, 2.05) is 36.4 Å². The molecule has 0 aliphatic carbocycles. The lowest BCUT2D eigenvalue weighted by Gasteiger charge is -2.21. The van der Waals surface area contributed by atoms with E-state index < -0.39 is 11.8 Å². The molecule has 0 saturated carbocycles. The first-order valence-corrected chi connectivity index (χ1v) is 9.99. The number of hydrogen-bond donors (Lipinski definition) is 1. The summed E-state index contributed by atoms with van der Waals surface area (Å²) in [5.41, 5.74) is 1.68. The van der Waals surface area contributed by atoms with E-state index in [2.05, 4.69) is 16.4 Å². The number of carbonyl (C=O) groups excluding carboxylic acids is 1. The van der Waals surface area contributed by atoms with Gasteiger partial charge in [0.25, 0.3) is 0 Å². The van der Waals surface area contributed by atoms with E-state index in [1.54, 1.807) is 0 Å². The van der Waals surface area contributed by atoms with Crippen LogP contribution in [-0.2, 0) is 24.2 Å². The highest BCUT2D eigenvalue weighted by atomic mass is 19.1. The van der Waals surface area contributed by atoms with Crippen LogP contribution in [0.5, 0.6) is 0 Å². The Bertz CT molecular complexity index is 830. The third-order valence-electron chi connectivity index (χ3n) is 5.55. The quantitative estimate of drug-likeness (QED) is 0.844. The molecule has 1 saturated heterocycles. The minimum absolute atomic E-state index is 0.0871. The normalized spacial score (nSPS) is 21.1. The Morgan fingerprint density at radius 1 is 1.25 bits per heavy atom. The van der Waals surface area contributed by atoms with Gasteiger partial charge >= 0.3 is 6.09 Å². The molecule has 0 bridgehead atoms. The third-order valence-corrected chi connectivity index (χ3v) is 5.55. The van der Waals surface area contributed by atoms with Gasteiger partial charge in [0.05, 0.1) is 6.54 Å². The van der Waals surface area contributed by atoms with Crippen LogP contribution in [0.2, 0.25) is 0 Å². The van der Waals surface area contributed by atoms with Crippen LogP contribution in [0.4, 0.5) is 15.0 Å². The van der Waals surface area contributed by atoms with Crippen molar-refractivity contribution < 1.29 is 13.9 Å². The number of alkyl halides is 1. The number of pyridine rings is 1. The third kappa shape index (κ3) is 4.43. The molecular formula is C22H26FN3O2.